The summed E-state index contributed by atoms with van der Waals surface area (Å²) in [5.74, 6) is -1.17. The Morgan fingerprint density at radius 3 is 2.34 bits per heavy atom. The van der Waals surface area contributed by atoms with Gasteiger partial charge in [-0.1, -0.05) is 45.4 Å². The second-order valence-electron chi connectivity index (χ2n) is 7.05. The second kappa shape index (κ2) is 11.8. The van der Waals surface area contributed by atoms with E-state index in [4.69, 9.17) is 9.47 Å². The van der Waals surface area contributed by atoms with E-state index in [1.165, 1.54) is 44.4 Å². The molecule has 6 heteroatoms. The average molecular weight is 399 g/mol. The SMILES string of the molecule is CCCCCCCCCOC(=O)c1ccc(NC=C2C(=O)C=C(C)OC2=O)cc1. The van der Waals surface area contributed by atoms with Crippen molar-refractivity contribution in [1.29, 1.82) is 0 Å². The van der Waals surface area contributed by atoms with E-state index < -0.39 is 11.8 Å². The predicted molar refractivity (Wildman–Crippen MR) is 111 cm³/mol. The number of esters is 2. The van der Waals surface area contributed by atoms with E-state index >= 15 is 0 Å². The molecule has 0 aromatic heterocycles. The van der Waals surface area contributed by atoms with Crippen molar-refractivity contribution in [2.75, 3.05) is 11.9 Å². The summed E-state index contributed by atoms with van der Waals surface area (Å²) in [6.45, 7) is 4.17. The Balaban J connectivity index is 1.75. The zero-order chi connectivity index (χ0) is 21.1. The van der Waals surface area contributed by atoms with Gasteiger partial charge in [0.05, 0.1) is 12.2 Å². The van der Waals surface area contributed by atoms with Gasteiger partial charge in [-0.05, 0) is 37.6 Å². The summed E-state index contributed by atoms with van der Waals surface area (Å²) in [7, 11) is 0. The third-order valence-electron chi connectivity index (χ3n) is 4.56. The lowest BCUT2D eigenvalue weighted by molar-refractivity contribution is -0.137. The number of anilines is 1. The molecular weight excluding hydrogens is 370 g/mol. The Labute approximate surface area is 172 Å². The van der Waals surface area contributed by atoms with Gasteiger partial charge in [0.15, 0.2) is 5.78 Å². The molecule has 156 valence electrons. The van der Waals surface area contributed by atoms with E-state index in [0.29, 0.717) is 17.9 Å². The molecule has 0 bridgehead atoms. The minimum Gasteiger partial charge on any atom is -0.462 e. The number of cyclic esters (lactones) is 1. The van der Waals surface area contributed by atoms with Crippen molar-refractivity contribution in [3.8, 4) is 0 Å². The number of hydrogen-bond acceptors (Lipinski definition) is 6. The Morgan fingerprint density at radius 1 is 1.03 bits per heavy atom. The van der Waals surface area contributed by atoms with Crippen LogP contribution < -0.4 is 5.32 Å². The minimum atomic E-state index is -0.687. The molecular formula is C23H29NO5. The standard InChI is InChI=1S/C23H29NO5/c1-3-4-5-6-7-8-9-14-28-22(26)18-10-12-19(13-11-18)24-16-20-21(25)15-17(2)29-23(20)27/h10-13,15-16,24H,3-9,14H2,1-2H3. The van der Waals surface area contributed by atoms with Crippen molar-refractivity contribution in [1.82, 2.24) is 0 Å². The summed E-state index contributed by atoms with van der Waals surface area (Å²) < 4.78 is 10.2. The lowest BCUT2D eigenvalue weighted by atomic mass is 10.1. The van der Waals surface area contributed by atoms with Gasteiger partial charge in [0.2, 0.25) is 0 Å². The highest BCUT2D eigenvalue weighted by molar-refractivity contribution is 6.23. The number of benzene rings is 1. The number of ether oxygens (including phenoxy) is 2. The van der Waals surface area contributed by atoms with E-state index in [0.717, 1.165) is 12.8 Å². The highest BCUT2D eigenvalue weighted by Gasteiger charge is 2.23. The van der Waals surface area contributed by atoms with Crippen LogP contribution in [0, 0.1) is 0 Å². The van der Waals surface area contributed by atoms with Crippen molar-refractivity contribution >= 4 is 23.4 Å². The number of nitrogens with one attached hydrogen (secondary N) is 1. The van der Waals surface area contributed by atoms with Gasteiger partial charge in [-0.2, -0.15) is 0 Å². The number of unbranched alkanes of at least 4 members (excludes halogenated alkanes) is 6. The summed E-state index contributed by atoms with van der Waals surface area (Å²) in [5, 5.41) is 2.87. The van der Waals surface area contributed by atoms with E-state index in [2.05, 4.69) is 12.2 Å². The molecule has 0 atom stereocenters. The summed E-state index contributed by atoms with van der Waals surface area (Å²) in [5.41, 5.74) is 1.01. The van der Waals surface area contributed by atoms with Gasteiger partial charge in [-0.25, -0.2) is 9.59 Å². The predicted octanol–water partition coefficient (Wildman–Crippen LogP) is 4.92. The topological polar surface area (TPSA) is 81.7 Å². The first-order chi connectivity index (χ1) is 14.0. The maximum absolute atomic E-state index is 12.1. The molecule has 1 heterocycles. The lowest BCUT2D eigenvalue weighted by Gasteiger charge is -2.12. The summed E-state index contributed by atoms with van der Waals surface area (Å²) in [6, 6.07) is 6.64. The smallest absolute Gasteiger partial charge is 0.348 e. The van der Waals surface area contributed by atoms with Crippen LogP contribution in [-0.4, -0.2) is 24.3 Å². The van der Waals surface area contributed by atoms with Crippen molar-refractivity contribution in [3.05, 3.63) is 53.4 Å². The minimum absolute atomic E-state index is 0.0752. The quantitative estimate of drug-likeness (QED) is 0.246. The molecule has 6 nitrogen and oxygen atoms in total. The molecule has 1 aliphatic rings. The van der Waals surface area contributed by atoms with E-state index in [-0.39, 0.29) is 17.3 Å². The fraction of sp³-hybridized carbons (Fsp3) is 0.435. The fourth-order valence-electron chi connectivity index (χ4n) is 2.89. The van der Waals surface area contributed by atoms with Crippen LogP contribution in [0.5, 0.6) is 0 Å². The number of carbonyl (C=O) groups is 3. The third kappa shape index (κ3) is 7.56. The Bertz CT molecular complexity index is 777. The van der Waals surface area contributed by atoms with Crippen LogP contribution in [0.4, 0.5) is 5.69 Å². The average Bonchev–Trinajstić information content (AvgIpc) is 2.69. The molecule has 0 fully saturated rings. The van der Waals surface area contributed by atoms with Gasteiger partial charge in [-0.15, -0.1) is 0 Å². The molecule has 1 aliphatic heterocycles. The lowest BCUT2D eigenvalue weighted by Crippen LogP contribution is -2.20. The molecule has 0 spiro atoms. The van der Waals surface area contributed by atoms with Crippen LogP contribution in [0.2, 0.25) is 0 Å². The molecule has 0 radical (unpaired) electrons. The first-order valence-corrected chi connectivity index (χ1v) is 10.2. The van der Waals surface area contributed by atoms with Gasteiger partial charge < -0.3 is 14.8 Å². The normalized spacial score (nSPS) is 15.1. The number of ketones is 1. The van der Waals surface area contributed by atoms with E-state index in [1.54, 1.807) is 31.2 Å². The summed E-state index contributed by atoms with van der Waals surface area (Å²) in [6.07, 6.45) is 10.7. The van der Waals surface area contributed by atoms with E-state index in [9.17, 15) is 14.4 Å². The molecule has 0 amide bonds. The van der Waals surface area contributed by atoms with Gasteiger partial charge in [-0.3, -0.25) is 4.79 Å². The number of rotatable bonds is 11. The second-order valence-corrected chi connectivity index (χ2v) is 7.05. The first kappa shape index (κ1) is 22.4. The summed E-state index contributed by atoms with van der Waals surface area (Å²) >= 11 is 0. The molecule has 1 N–H and O–H groups in total. The molecule has 0 saturated carbocycles. The number of allylic oxidation sites excluding steroid dienone is 2. The highest BCUT2D eigenvalue weighted by Crippen LogP contribution is 2.16. The molecule has 0 saturated heterocycles. The Kier molecular flexibility index (Phi) is 9.15. The monoisotopic (exact) mass is 399 g/mol. The van der Waals surface area contributed by atoms with Crippen LogP contribution in [0.3, 0.4) is 0 Å². The first-order valence-electron chi connectivity index (χ1n) is 10.2. The zero-order valence-electron chi connectivity index (χ0n) is 17.2. The van der Waals surface area contributed by atoms with Crippen molar-refractivity contribution in [2.45, 2.75) is 58.8 Å². The van der Waals surface area contributed by atoms with Crippen LogP contribution in [0.25, 0.3) is 0 Å². The van der Waals surface area contributed by atoms with Gasteiger partial charge in [0.1, 0.15) is 11.3 Å². The Hall–Kier alpha value is -2.89. The largest absolute Gasteiger partial charge is 0.462 e. The number of hydrogen-bond donors (Lipinski definition) is 1. The molecule has 0 aliphatic carbocycles. The molecule has 1 aromatic carbocycles. The van der Waals surface area contributed by atoms with Crippen LogP contribution in [-0.2, 0) is 19.1 Å². The van der Waals surface area contributed by atoms with Gasteiger partial charge in [0.25, 0.3) is 0 Å². The Morgan fingerprint density at radius 2 is 1.69 bits per heavy atom. The molecule has 1 aromatic rings. The zero-order valence-corrected chi connectivity index (χ0v) is 17.2. The van der Waals surface area contributed by atoms with E-state index in [1.807, 2.05) is 0 Å². The molecule has 0 unspecified atom stereocenters. The van der Waals surface area contributed by atoms with Gasteiger partial charge in [0, 0.05) is 18.0 Å². The fourth-order valence-corrected chi connectivity index (χ4v) is 2.89. The molecule has 2 rings (SSSR count). The van der Waals surface area contributed by atoms with Crippen molar-refractivity contribution < 1.29 is 23.9 Å². The molecule has 29 heavy (non-hydrogen) atoms. The van der Waals surface area contributed by atoms with Crippen LogP contribution >= 0.6 is 0 Å². The third-order valence-corrected chi connectivity index (χ3v) is 4.56. The maximum atomic E-state index is 12.1. The van der Waals surface area contributed by atoms with Crippen molar-refractivity contribution in [2.24, 2.45) is 0 Å². The highest BCUT2D eigenvalue weighted by atomic mass is 16.5. The maximum Gasteiger partial charge on any atom is 0.348 e. The van der Waals surface area contributed by atoms with Gasteiger partial charge >= 0.3 is 11.9 Å². The summed E-state index contributed by atoms with van der Waals surface area (Å²) in [4.78, 5) is 35.7. The number of carbonyl (C=O) groups excluding carboxylic acids is 3. The van der Waals surface area contributed by atoms with Crippen LogP contribution in [0.15, 0.2) is 47.9 Å². The van der Waals surface area contributed by atoms with Crippen LogP contribution in [0.1, 0.15) is 69.2 Å². The van der Waals surface area contributed by atoms with Crippen molar-refractivity contribution in [3.63, 3.8) is 0 Å².